The molecule has 0 radical (unpaired) electrons. The van der Waals surface area contributed by atoms with Crippen molar-refractivity contribution in [1.29, 1.82) is 0 Å². The van der Waals surface area contributed by atoms with Gasteiger partial charge in [-0.3, -0.25) is 4.99 Å². The highest BCUT2D eigenvalue weighted by molar-refractivity contribution is 6.30. The fourth-order valence-electron chi connectivity index (χ4n) is 2.36. The van der Waals surface area contributed by atoms with E-state index < -0.39 is 0 Å². The first-order valence-corrected chi connectivity index (χ1v) is 8.33. The van der Waals surface area contributed by atoms with Crippen molar-refractivity contribution in [2.75, 3.05) is 7.11 Å². The van der Waals surface area contributed by atoms with E-state index in [4.69, 9.17) is 21.3 Å². The molecule has 0 saturated carbocycles. The number of hydrogen-bond donors (Lipinski definition) is 0. The third-order valence-corrected chi connectivity index (χ3v) is 3.96. The van der Waals surface area contributed by atoms with Crippen LogP contribution in [0.3, 0.4) is 0 Å². The molecule has 0 atom stereocenters. The number of nitrogens with zero attached hydrogens (tertiary/aromatic N) is 1. The maximum absolute atomic E-state index is 5.94. The zero-order valence-corrected chi connectivity index (χ0v) is 14.6. The monoisotopic (exact) mass is 347 g/mol. The average Bonchev–Trinajstić information content (AvgIpc) is 2.67. The quantitative estimate of drug-likeness (QED) is 0.412. The number of rotatable bonds is 5. The lowest BCUT2D eigenvalue weighted by molar-refractivity contribution is 0.415. The van der Waals surface area contributed by atoms with Crippen molar-refractivity contribution >= 4 is 29.6 Å². The van der Waals surface area contributed by atoms with Crippen LogP contribution in [0.4, 0.5) is 0 Å². The molecule has 0 aliphatic carbocycles. The van der Waals surface area contributed by atoms with Crippen LogP contribution < -0.4 is 4.74 Å². The van der Waals surface area contributed by atoms with Gasteiger partial charge in [0.1, 0.15) is 5.75 Å². The number of halogens is 1. The first-order chi connectivity index (χ1) is 12.2. The number of aliphatic imine (C=N–C) groups is 1. The molecule has 0 unspecified atom stereocenters. The van der Waals surface area contributed by atoms with Crippen molar-refractivity contribution in [1.82, 2.24) is 0 Å². The zero-order valence-electron chi connectivity index (χ0n) is 13.9. The minimum atomic E-state index is 0.715. The van der Waals surface area contributed by atoms with Gasteiger partial charge in [0, 0.05) is 16.8 Å². The number of ether oxygens (including phenoxy) is 1. The zero-order chi connectivity index (χ0) is 17.5. The molecular formula is C22H18ClNO. The fourth-order valence-corrected chi connectivity index (χ4v) is 2.48. The maximum Gasteiger partial charge on any atom is 0.118 e. The Morgan fingerprint density at radius 1 is 0.840 bits per heavy atom. The lowest BCUT2D eigenvalue weighted by atomic mass is 10.1. The summed E-state index contributed by atoms with van der Waals surface area (Å²) in [5.74, 6) is 0.824. The van der Waals surface area contributed by atoms with E-state index >= 15 is 0 Å². The van der Waals surface area contributed by atoms with Crippen LogP contribution in [-0.2, 0) is 0 Å². The molecule has 0 amide bonds. The lowest BCUT2D eigenvalue weighted by Gasteiger charge is -2.05. The molecule has 3 aromatic carbocycles. The van der Waals surface area contributed by atoms with Gasteiger partial charge in [-0.1, -0.05) is 54.1 Å². The molecule has 124 valence electrons. The van der Waals surface area contributed by atoms with Gasteiger partial charge in [0.15, 0.2) is 0 Å². The Morgan fingerprint density at radius 2 is 1.52 bits per heavy atom. The largest absolute Gasteiger partial charge is 0.497 e. The minimum Gasteiger partial charge on any atom is -0.497 e. The van der Waals surface area contributed by atoms with Crippen molar-refractivity contribution in [2.45, 2.75) is 0 Å². The maximum atomic E-state index is 5.94. The summed E-state index contributed by atoms with van der Waals surface area (Å²) >= 11 is 5.94. The Kier molecular flexibility index (Phi) is 5.65. The van der Waals surface area contributed by atoms with E-state index in [1.54, 1.807) is 7.11 Å². The first kappa shape index (κ1) is 17.0. The summed E-state index contributed by atoms with van der Waals surface area (Å²) in [6.07, 6.45) is 3.91. The second kappa shape index (κ2) is 8.32. The van der Waals surface area contributed by atoms with Crippen molar-refractivity contribution in [2.24, 2.45) is 4.99 Å². The molecule has 0 aliphatic heterocycles. The van der Waals surface area contributed by atoms with E-state index in [9.17, 15) is 0 Å². The lowest BCUT2D eigenvalue weighted by Crippen LogP contribution is -1.87. The third-order valence-electron chi connectivity index (χ3n) is 3.71. The van der Waals surface area contributed by atoms with Crippen molar-refractivity contribution in [3.63, 3.8) is 0 Å². The molecule has 0 spiro atoms. The molecular weight excluding hydrogens is 330 g/mol. The molecule has 0 aromatic heterocycles. The summed E-state index contributed by atoms with van der Waals surface area (Å²) in [7, 11) is 1.66. The highest BCUT2D eigenvalue weighted by atomic mass is 35.5. The SMILES string of the molecule is COc1ccc(/C(=C/c2ccccc2)N=Cc2ccc(Cl)cc2)cc1. The number of hydrogen-bond acceptors (Lipinski definition) is 2. The van der Waals surface area contributed by atoms with Gasteiger partial charge < -0.3 is 4.74 Å². The first-order valence-electron chi connectivity index (χ1n) is 7.95. The van der Waals surface area contributed by atoms with Crippen molar-refractivity contribution in [3.05, 3.63) is 101 Å². The van der Waals surface area contributed by atoms with E-state index in [0.29, 0.717) is 5.02 Å². The van der Waals surface area contributed by atoms with Crippen LogP contribution in [0.5, 0.6) is 5.75 Å². The van der Waals surface area contributed by atoms with Gasteiger partial charge in [0.05, 0.1) is 12.8 Å². The van der Waals surface area contributed by atoms with Crippen LogP contribution in [0.15, 0.2) is 83.9 Å². The van der Waals surface area contributed by atoms with Gasteiger partial charge >= 0.3 is 0 Å². The Balaban J connectivity index is 1.96. The Hall–Kier alpha value is -2.84. The average molecular weight is 348 g/mol. The van der Waals surface area contributed by atoms with Crippen LogP contribution >= 0.6 is 11.6 Å². The van der Waals surface area contributed by atoms with Gasteiger partial charge in [-0.15, -0.1) is 0 Å². The van der Waals surface area contributed by atoms with E-state index in [2.05, 4.69) is 18.2 Å². The summed E-state index contributed by atoms with van der Waals surface area (Å²) in [6, 6.07) is 25.6. The Morgan fingerprint density at radius 3 is 2.16 bits per heavy atom. The van der Waals surface area contributed by atoms with Gasteiger partial charge in [0.25, 0.3) is 0 Å². The summed E-state index contributed by atoms with van der Waals surface area (Å²) < 4.78 is 5.24. The molecule has 2 nitrogen and oxygen atoms in total. The van der Waals surface area contributed by atoms with Crippen LogP contribution in [0.1, 0.15) is 16.7 Å². The van der Waals surface area contributed by atoms with Gasteiger partial charge in [-0.25, -0.2) is 0 Å². The normalized spacial score (nSPS) is 11.7. The molecule has 0 saturated heterocycles. The summed E-state index contributed by atoms with van der Waals surface area (Å²) in [4.78, 5) is 4.70. The molecule has 3 rings (SSSR count). The van der Waals surface area contributed by atoms with Gasteiger partial charge in [-0.2, -0.15) is 0 Å². The minimum absolute atomic E-state index is 0.715. The summed E-state index contributed by atoms with van der Waals surface area (Å²) in [5.41, 5.74) is 4.00. The topological polar surface area (TPSA) is 21.6 Å². The molecule has 0 aliphatic rings. The highest BCUT2D eigenvalue weighted by Gasteiger charge is 2.01. The molecule has 0 fully saturated rings. The van der Waals surface area contributed by atoms with Crippen LogP contribution in [-0.4, -0.2) is 13.3 Å². The van der Waals surface area contributed by atoms with E-state index in [-0.39, 0.29) is 0 Å². The standard InChI is InChI=1S/C22H18ClNO/c1-25-21-13-9-19(10-14-21)22(15-17-5-3-2-4-6-17)24-16-18-7-11-20(23)12-8-18/h2-16H,1H3/b22-15-,24-16?. The number of benzene rings is 3. The Labute approximate surface area is 153 Å². The molecule has 0 N–H and O–H groups in total. The smallest absolute Gasteiger partial charge is 0.118 e. The predicted octanol–water partition coefficient (Wildman–Crippen LogP) is 5.97. The van der Waals surface area contributed by atoms with E-state index in [1.165, 1.54) is 0 Å². The van der Waals surface area contributed by atoms with E-state index in [0.717, 1.165) is 28.1 Å². The second-order valence-electron chi connectivity index (χ2n) is 5.48. The van der Waals surface area contributed by atoms with Crippen molar-refractivity contribution in [3.8, 4) is 5.75 Å². The third kappa shape index (κ3) is 4.82. The van der Waals surface area contributed by atoms with Crippen molar-refractivity contribution < 1.29 is 4.74 Å². The van der Waals surface area contributed by atoms with Crippen LogP contribution in [0, 0.1) is 0 Å². The Bertz CT molecular complexity index is 866. The fraction of sp³-hybridized carbons (Fsp3) is 0.0455. The van der Waals surface area contributed by atoms with Crippen LogP contribution in [0.2, 0.25) is 5.02 Å². The second-order valence-corrected chi connectivity index (χ2v) is 5.91. The van der Waals surface area contributed by atoms with Gasteiger partial charge in [-0.05, 0) is 53.6 Å². The molecule has 3 heteroatoms. The number of methoxy groups -OCH3 is 1. The molecule has 0 bridgehead atoms. The van der Waals surface area contributed by atoms with Crippen LogP contribution in [0.25, 0.3) is 11.8 Å². The molecule has 25 heavy (non-hydrogen) atoms. The highest BCUT2D eigenvalue weighted by Crippen LogP contribution is 2.22. The van der Waals surface area contributed by atoms with Gasteiger partial charge in [0.2, 0.25) is 0 Å². The molecule has 0 heterocycles. The summed E-state index contributed by atoms with van der Waals surface area (Å²) in [5, 5.41) is 0.715. The predicted molar refractivity (Wildman–Crippen MR) is 106 cm³/mol. The van der Waals surface area contributed by atoms with E-state index in [1.807, 2.05) is 72.9 Å². The summed E-state index contributed by atoms with van der Waals surface area (Å²) in [6.45, 7) is 0. The molecule has 3 aromatic rings.